The van der Waals surface area contributed by atoms with Crippen molar-refractivity contribution in [3.63, 3.8) is 0 Å². The molecule has 0 spiro atoms. The lowest BCUT2D eigenvalue weighted by molar-refractivity contribution is 0.660. The van der Waals surface area contributed by atoms with Gasteiger partial charge in [-0.3, -0.25) is 4.79 Å². The van der Waals surface area contributed by atoms with E-state index in [1.807, 2.05) is 11.8 Å². The highest BCUT2D eigenvalue weighted by Crippen LogP contribution is 2.03. The Morgan fingerprint density at radius 1 is 1.50 bits per heavy atom. The molecule has 0 fully saturated rings. The molecule has 0 saturated heterocycles. The van der Waals surface area contributed by atoms with Crippen LogP contribution in [0.15, 0.2) is 23.1 Å². The normalized spacial score (nSPS) is 10.4. The van der Waals surface area contributed by atoms with Crippen molar-refractivity contribution in [1.29, 1.82) is 0 Å². The van der Waals surface area contributed by atoms with Crippen LogP contribution in [0.25, 0.3) is 0 Å². The summed E-state index contributed by atoms with van der Waals surface area (Å²) in [5.41, 5.74) is 6.27. The summed E-state index contributed by atoms with van der Waals surface area (Å²) < 4.78 is 1.67. The van der Waals surface area contributed by atoms with Crippen molar-refractivity contribution in [2.45, 2.75) is 19.9 Å². The molecule has 0 aliphatic rings. The van der Waals surface area contributed by atoms with Gasteiger partial charge in [0.1, 0.15) is 0 Å². The molecule has 1 aromatic heterocycles. The molecule has 0 radical (unpaired) electrons. The van der Waals surface area contributed by atoms with Gasteiger partial charge in [0.15, 0.2) is 0 Å². The van der Waals surface area contributed by atoms with Crippen LogP contribution in [0, 0.1) is 0 Å². The predicted octanol–water partition coefficient (Wildman–Crippen LogP) is 1.57. The van der Waals surface area contributed by atoms with Crippen LogP contribution in [0.4, 0.5) is 5.69 Å². The van der Waals surface area contributed by atoms with Gasteiger partial charge in [-0.1, -0.05) is 6.92 Å². The Kier molecular flexibility index (Phi) is 4.59. The van der Waals surface area contributed by atoms with Crippen molar-refractivity contribution in [3.8, 4) is 0 Å². The van der Waals surface area contributed by atoms with Crippen LogP contribution in [0.3, 0.4) is 0 Å². The molecular formula is C10H16N2OS. The van der Waals surface area contributed by atoms with E-state index in [1.54, 1.807) is 16.8 Å². The lowest BCUT2D eigenvalue weighted by Gasteiger charge is -2.05. The summed E-state index contributed by atoms with van der Waals surface area (Å²) in [7, 11) is 0. The third-order valence-corrected chi connectivity index (χ3v) is 2.88. The van der Waals surface area contributed by atoms with Crippen molar-refractivity contribution in [2.24, 2.45) is 0 Å². The Labute approximate surface area is 88.3 Å². The van der Waals surface area contributed by atoms with Gasteiger partial charge in [-0.2, -0.15) is 11.8 Å². The minimum atomic E-state index is 0.0284. The SMILES string of the molecule is CCSCCCn1cc(N)ccc1=O. The maximum absolute atomic E-state index is 11.3. The molecule has 0 aliphatic carbocycles. The van der Waals surface area contributed by atoms with E-state index < -0.39 is 0 Å². The molecule has 0 amide bonds. The van der Waals surface area contributed by atoms with E-state index in [-0.39, 0.29) is 5.56 Å². The zero-order valence-electron chi connectivity index (χ0n) is 8.40. The highest BCUT2D eigenvalue weighted by Gasteiger charge is 1.95. The zero-order chi connectivity index (χ0) is 10.4. The Bertz CT molecular complexity index is 335. The van der Waals surface area contributed by atoms with Gasteiger partial charge in [0.25, 0.3) is 5.56 Å². The number of rotatable bonds is 5. The van der Waals surface area contributed by atoms with Crippen molar-refractivity contribution in [3.05, 3.63) is 28.7 Å². The van der Waals surface area contributed by atoms with Crippen LogP contribution in [0.5, 0.6) is 0 Å². The number of nitrogens with two attached hydrogens (primary N) is 1. The topological polar surface area (TPSA) is 48.0 Å². The second-order valence-corrected chi connectivity index (χ2v) is 4.44. The summed E-state index contributed by atoms with van der Waals surface area (Å²) >= 11 is 1.89. The fourth-order valence-electron chi connectivity index (χ4n) is 1.21. The first-order valence-electron chi connectivity index (χ1n) is 4.77. The van der Waals surface area contributed by atoms with Gasteiger partial charge in [0.2, 0.25) is 0 Å². The number of anilines is 1. The first-order valence-corrected chi connectivity index (χ1v) is 5.93. The van der Waals surface area contributed by atoms with Crippen LogP contribution < -0.4 is 11.3 Å². The number of nitrogen functional groups attached to an aromatic ring is 1. The van der Waals surface area contributed by atoms with E-state index in [4.69, 9.17) is 5.73 Å². The standard InChI is InChI=1S/C10H16N2OS/c1-2-14-7-3-6-12-8-9(11)4-5-10(12)13/h4-5,8H,2-3,6-7,11H2,1H3. The van der Waals surface area contributed by atoms with Crippen molar-refractivity contribution < 1.29 is 0 Å². The van der Waals surface area contributed by atoms with E-state index in [1.165, 1.54) is 6.07 Å². The third-order valence-electron chi connectivity index (χ3n) is 1.90. The molecule has 1 rings (SSSR count). The fourth-order valence-corrected chi connectivity index (χ4v) is 1.83. The van der Waals surface area contributed by atoms with Gasteiger partial charge < -0.3 is 10.3 Å². The largest absolute Gasteiger partial charge is 0.398 e. The third kappa shape index (κ3) is 3.46. The van der Waals surface area contributed by atoms with Crippen LogP contribution in [-0.4, -0.2) is 16.1 Å². The second-order valence-electron chi connectivity index (χ2n) is 3.04. The van der Waals surface area contributed by atoms with E-state index in [2.05, 4.69) is 6.92 Å². The van der Waals surface area contributed by atoms with E-state index in [0.717, 1.165) is 24.5 Å². The number of pyridine rings is 1. The van der Waals surface area contributed by atoms with Crippen molar-refractivity contribution in [2.75, 3.05) is 17.2 Å². The van der Waals surface area contributed by atoms with Gasteiger partial charge in [0.05, 0.1) is 0 Å². The molecule has 1 heterocycles. The Hall–Kier alpha value is -0.900. The summed E-state index contributed by atoms with van der Waals surface area (Å²) in [6.45, 7) is 2.90. The van der Waals surface area contributed by atoms with Crippen LogP contribution in [-0.2, 0) is 6.54 Å². The van der Waals surface area contributed by atoms with Crippen LogP contribution in [0.1, 0.15) is 13.3 Å². The molecule has 78 valence electrons. The van der Waals surface area contributed by atoms with Crippen LogP contribution >= 0.6 is 11.8 Å². The van der Waals surface area contributed by atoms with Gasteiger partial charge in [0, 0.05) is 24.5 Å². The van der Waals surface area contributed by atoms with Gasteiger partial charge in [-0.05, 0) is 24.0 Å². The van der Waals surface area contributed by atoms with E-state index in [0.29, 0.717) is 5.69 Å². The van der Waals surface area contributed by atoms with Gasteiger partial charge in [-0.25, -0.2) is 0 Å². The highest BCUT2D eigenvalue weighted by molar-refractivity contribution is 7.99. The molecule has 0 atom stereocenters. The average Bonchev–Trinajstić information content (AvgIpc) is 2.18. The van der Waals surface area contributed by atoms with Gasteiger partial charge >= 0.3 is 0 Å². The highest BCUT2D eigenvalue weighted by atomic mass is 32.2. The number of hydrogen-bond donors (Lipinski definition) is 1. The minimum Gasteiger partial charge on any atom is -0.398 e. The Morgan fingerprint density at radius 3 is 3.00 bits per heavy atom. The predicted molar refractivity (Wildman–Crippen MR) is 62.7 cm³/mol. The van der Waals surface area contributed by atoms with E-state index >= 15 is 0 Å². The quantitative estimate of drug-likeness (QED) is 0.754. The van der Waals surface area contributed by atoms with Gasteiger partial charge in [-0.15, -0.1) is 0 Å². The summed E-state index contributed by atoms with van der Waals surface area (Å²) in [4.78, 5) is 11.3. The molecule has 0 saturated carbocycles. The summed E-state index contributed by atoms with van der Waals surface area (Å²) in [6.07, 6.45) is 2.72. The average molecular weight is 212 g/mol. The molecule has 14 heavy (non-hydrogen) atoms. The summed E-state index contributed by atoms with van der Waals surface area (Å²) in [5, 5.41) is 0. The smallest absolute Gasteiger partial charge is 0.250 e. The summed E-state index contributed by atoms with van der Waals surface area (Å²) in [5.74, 6) is 2.23. The van der Waals surface area contributed by atoms with Crippen molar-refractivity contribution in [1.82, 2.24) is 4.57 Å². The molecule has 0 bridgehead atoms. The Morgan fingerprint density at radius 2 is 2.29 bits per heavy atom. The molecule has 0 aromatic carbocycles. The number of aryl methyl sites for hydroxylation is 1. The molecule has 1 aromatic rings. The zero-order valence-corrected chi connectivity index (χ0v) is 9.22. The molecule has 3 nitrogen and oxygen atoms in total. The number of thioether (sulfide) groups is 1. The lowest BCUT2D eigenvalue weighted by atomic mass is 10.4. The Balaban J connectivity index is 2.49. The first-order chi connectivity index (χ1) is 6.74. The lowest BCUT2D eigenvalue weighted by Crippen LogP contribution is -2.19. The number of hydrogen-bond acceptors (Lipinski definition) is 3. The second kappa shape index (κ2) is 5.75. The number of nitrogens with zero attached hydrogens (tertiary/aromatic N) is 1. The minimum absolute atomic E-state index is 0.0284. The van der Waals surface area contributed by atoms with Crippen LogP contribution in [0.2, 0.25) is 0 Å². The first kappa shape index (κ1) is 11.2. The summed E-state index contributed by atoms with van der Waals surface area (Å²) in [6, 6.07) is 3.15. The monoisotopic (exact) mass is 212 g/mol. The van der Waals surface area contributed by atoms with E-state index in [9.17, 15) is 4.79 Å². The number of aromatic nitrogens is 1. The van der Waals surface area contributed by atoms with Crippen molar-refractivity contribution >= 4 is 17.4 Å². The molecular weight excluding hydrogens is 196 g/mol. The molecule has 0 aliphatic heterocycles. The maximum atomic E-state index is 11.3. The fraction of sp³-hybridized carbons (Fsp3) is 0.500. The molecule has 2 N–H and O–H groups in total. The maximum Gasteiger partial charge on any atom is 0.250 e. The molecule has 4 heteroatoms. The molecule has 0 unspecified atom stereocenters.